The van der Waals surface area contributed by atoms with Crippen molar-refractivity contribution in [2.45, 2.75) is 31.7 Å². The molecule has 5 heteroatoms. The smallest absolute Gasteiger partial charge is 0.150 e. The van der Waals surface area contributed by atoms with Gasteiger partial charge in [-0.05, 0) is 49.6 Å². The second-order valence-electron chi connectivity index (χ2n) is 5.86. The Morgan fingerprint density at radius 1 is 1.20 bits per heavy atom. The highest BCUT2D eigenvalue weighted by atomic mass is 32.1. The van der Waals surface area contributed by atoms with Gasteiger partial charge in [0.1, 0.15) is 12.1 Å². The maximum absolute atomic E-state index is 4.53. The fourth-order valence-corrected chi connectivity index (χ4v) is 4.49. The van der Waals surface area contributed by atoms with Gasteiger partial charge in [-0.1, -0.05) is 0 Å². The Morgan fingerprint density at radius 2 is 2.10 bits per heavy atom. The normalized spacial score (nSPS) is 24.6. The van der Waals surface area contributed by atoms with Gasteiger partial charge < -0.3 is 10.2 Å². The lowest BCUT2D eigenvalue weighted by molar-refractivity contribution is 0.318. The van der Waals surface area contributed by atoms with E-state index in [0.717, 1.165) is 36.4 Å². The Hall–Kier alpha value is -1.20. The summed E-state index contributed by atoms with van der Waals surface area (Å²) in [5.74, 6) is 2.00. The molecule has 1 unspecified atom stereocenters. The first-order chi connectivity index (χ1) is 9.92. The van der Waals surface area contributed by atoms with Gasteiger partial charge in [0.2, 0.25) is 0 Å². The molecule has 2 saturated heterocycles. The number of anilines is 1. The van der Waals surface area contributed by atoms with Crippen molar-refractivity contribution in [3.63, 3.8) is 0 Å². The van der Waals surface area contributed by atoms with Crippen molar-refractivity contribution in [3.05, 3.63) is 17.8 Å². The first-order valence-corrected chi connectivity index (χ1v) is 8.46. The van der Waals surface area contributed by atoms with Gasteiger partial charge in [0, 0.05) is 19.1 Å². The zero-order valence-electron chi connectivity index (χ0n) is 11.6. The zero-order chi connectivity index (χ0) is 13.4. The summed E-state index contributed by atoms with van der Waals surface area (Å²) >= 11 is 1.75. The van der Waals surface area contributed by atoms with Crippen molar-refractivity contribution in [1.29, 1.82) is 0 Å². The van der Waals surface area contributed by atoms with Gasteiger partial charge in [-0.15, -0.1) is 11.3 Å². The summed E-state index contributed by atoms with van der Waals surface area (Å²) < 4.78 is 1.24. The van der Waals surface area contributed by atoms with Gasteiger partial charge in [-0.25, -0.2) is 9.97 Å². The molecular weight excluding hydrogens is 268 g/mol. The van der Waals surface area contributed by atoms with Crippen LogP contribution in [0, 0.1) is 5.92 Å². The quantitative estimate of drug-likeness (QED) is 0.922. The molecule has 0 saturated carbocycles. The van der Waals surface area contributed by atoms with Crippen LogP contribution in [-0.4, -0.2) is 35.6 Å². The van der Waals surface area contributed by atoms with Crippen LogP contribution in [0.15, 0.2) is 17.8 Å². The van der Waals surface area contributed by atoms with E-state index in [1.54, 1.807) is 17.7 Å². The summed E-state index contributed by atoms with van der Waals surface area (Å²) in [6, 6.07) is 2.85. The summed E-state index contributed by atoms with van der Waals surface area (Å²) in [7, 11) is 0. The van der Waals surface area contributed by atoms with Crippen LogP contribution < -0.4 is 10.2 Å². The Labute approximate surface area is 123 Å². The molecule has 2 aliphatic heterocycles. The molecule has 106 valence electrons. The minimum absolute atomic E-state index is 0.768. The molecule has 0 aliphatic carbocycles. The van der Waals surface area contributed by atoms with Crippen LogP contribution in [0.2, 0.25) is 0 Å². The van der Waals surface area contributed by atoms with Crippen LogP contribution in [0.1, 0.15) is 25.7 Å². The molecule has 0 aromatic carbocycles. The van der Waals surface area contributed by atoms with Crippen LogP contribution in [0.5, 0.6) is 0 Å². The highest BCUT2D eigenvalue weighted by Crippen LogP contribution is 2.32. The number of nitrogens with zero attached hydrogens (tertiary/aromatic N) is 3. The fraction of sp³-hybridized carbons (Fsp3) is 0.600. The van der Waals surface area contributed by atoms with E-state index in [1.165, 1.54) is 36.9 Å². The van der Waals surface area contributed by atoms with Gasteiger partial charge in [0.15, 0.2) is 0 Å². The Kier molecular flexibility index (Phi) is 3.32. The van der Waals surface area contributed by atoms with Crippen molar-refractivity contribution in [3.8, 4) is 0 Å². The van der Waals surface area contributed by atoms with Gasteiger partial charge in [0.25, 0.3) is 0 Å². The molecule has 2 aliphatic rings. The molecule has 1 atom stereocenters. The molecule has 0 amide bonds. The van der Waals surface area contributed by atoms with E-state index < -0.39 is 0 Å². The summed E-state index contributed by atoms with van der Waals surface area (Å²) in [5, 5.41) is 5.77. The van der Waals surface area contributed by atoms with E-state index in [-0.39, 0.29) is 0 Å². The van der Waals surface area contributed by atoms with Crippen LogP contribution in [-0.2, 0) is 0 Å². The van der Waals surface area contributed by atoms with Crippen molar-refractivity contribution < 1.29 is 0 Å². The van der Waals surface area contributed by atoms with E-state index in [4.69, 9.17) is 0 Å². The fourth-order valence-electron chi connectivity index (χ4n) is 3.63. The van der Waals surface area contributed by atoms with Crippen LogP contribution >= 0.6 is 11.3 Å². The molecule has 0 bridgehead atoms. The number of hydrogen-bond acceptors (Lipinski definition) is 5. The van der Waals surface area contributed by atoms with E-state index in [1.807, 2.05) is 0 Å². The monoisotopic (exact) mass is 288 g/mol. The lowest BCUT2D eigenvalue weighted by Gasteiger charge is -2.35. The summed E-state index contributed by atoms with van der Waals surface area (Å²) in [5.41, 5.74) is 1.08. The molecule has 4 heterocycles. The largest absolute Gasteiger partial charge is 0.355 e. The zero-order valence-corrected chi connectivity index (χ0v) is 12.4. The number of piperidine rings is 1. The predicted octanol–water partition coefficient (Wildman–Crippen LogP) is 2.66. The topological polar surface area (TPSA) is 41.1 Å². The number of aromatic nitrogens is 2. The third-order valence-electron chi connectivity index (χ3n) is 4.73. The molecule has 4 nitrogen and oxygen atoms in total. The molecule has 2 aromatic rings. The molecule has 0 spiro atoms. The lowest BCUT2D eigenvalue weighted by atomic mass is 9.88. The number of fused-ring (bicyclic) bond motifs is 1. The number of hydrogen-bond donors (Lipinski definition) is 1. The van der Waals surface area contributed by atoms with E-state index >= 15 is 0 Å². The van der Waals surface area contributed by atoms with Crippen molar-refractivity contribution in [2.75, 3.05) is 24.5 Å². The van der Waals surface area contributed by atoms with E-state index in [2.05, 4.69) is 31.6 Å². The van der Waals surface area contributed by atoms with Crippen LogP contribution in [0.4, 0.5) is 5.82 Å². The van der Waals surface area contributed by atoms with E-state index in [9.17, 15) is 0 Å². The van der Waals surface area contributed by atoms with Gasteiger partial charge in [-0.3, -0.25) is 0 Å². The molecule has 1 N–H and O–H groups in total. The first-order valence-electron chi connectivity index (χ1n) is 7.58. The second kappa shape index (κ2) is 5.30. The van der Waals surface area contributed by atoms with Crippen LogP contribution in [0.3, 0.4) is 0 Å². The predicted molar refractivity (Wildman–Crippen MR) is 83.4 cm³/mol. The SMILES string of the molecule is c1nc(N2CCC(C3CCCN3)CC2)c2sccc2n1. The maximum atomic E-state index is 4.53. The van der Waals surface area contributed by atoms with Gasteiger partial charge in [-0.2, -0.15) is 0 Å². The molecular formula is C15H20N4S. The first kappa shape index (κ1) is 12.5. The Balaban J connectivity index is 1.50. The average Bonchev–Trinajstić information content (AvgIpc) is 3.18. The van der Waals surface area contributed by atoms with Gasteiger partial charge >= 0.3 is 0 Å². The minimum atomic E-state index is 0.768. The molecule has 20 heavy (non-hydrogen) atoms. The molecule has 2 aromatic heterocycles. The van der Waals surface area contributed by atoms with Gasteiger partial charge in [0.05, 0.1) is 10.2 Å². The average molecular weight is 288 g/mol. The molecule has 0 radical (unpaired) electrons. The number of nitrogens with one attached hydrogen (secondary N) is 1. The third-order valence-corrected chi connectivity index (χ3v) is 5.63. The summed E-state index contributed by atoms with van der Waals surface area (Å²) in [4.78, 5) is 11.3. The summed E-state index contributed by atoms with van der Waals surface area (Å²) in [6.07, 6.45) is 7.00. The molecule has 4 rings (SSSR count). The van der Waals surface area contributed by atoms with Crippen molar-refractivity contribution >= 4 is 27.4 Å². The highest BCUT2D eigenvalue weighted by Gasteiger charge is 2.29. The maximum Gasteiger partial charge on any atom is 0.150 e. The Bertz CT molecular complexity index is 582. The second-order valence-corrected chi connectivity index (χ2v) is 6.78. The third kappa shape index (κ3) is 2.19. The summed E-state index contributed by atoms with van der Waals surface area (Å²) in [6.45, 7) is 3.48. The lowest BCUT2D eigenvalue weighted by Crippen LogP contribution is -2.41. The highest BCUT2D eigenvalue weighted by molar-refractivity contribution is 7.17. The number of rotatable bonds is 2. The number of thiophene rings is 1. The Morgan fingerprint density at radius 3 is 2.90 bits per heavy atom. The standard InChI is InChI=1S/C15H20N4S/c1-2-12(16-6-1)11-3-7-19(8-4-11)15-14-13(5-9-20-14)17-10-18-15/h5,9-12,16H,1-4,6-8H2. The van der Waals surface area contributed by atoms with Crippen LogP contribution in [0.25, 0.3) is 10.2 Å². The van der Waals surface area contributed by atoms with Crippen molar-refractivity contribution in [2.24, 2.45) is 5.92 Å². The van der Waals surface area contributed by atoms with E-state index in [0.29, 0.717) is 0 Å². The molecule has 2 fully saturated rings. The van der Waals surface area contributed by atoms with Crippen molar-refractivity contribution in [1.82, 2.24) is 15.3 Å². The minimum Gasteiger partial charge on any atom is -0.355 e.